The molecule has 1 aromatic rings. The van der Waals surface area contributed by atoms with Crippen molar-refractivity contribution in [2.45, 2.75) is 38.7 Å². The maximum atomic E-state index is 9.55. The Morgan fingerprint density at radius 1 is 1.20 bits per heavy atom. The van der Waals surface area contributed by atoms with E-state index in [1.165, 1.54) is 16.8 Å². The predicted molar refractivity (Wildman–Crippen MR) is 115 cm³/mol. The van der Waals surface area contributed by atoms with Crippen molar-refractivity contribution in [3.63, 3.8) is 0 Å². The summed E-state index contributed by atoms with van der Waals surface area (Å²) in [6.45, 7) is 7.03. The number of carboxylic acid groups (broad SMARTS) is 2. The first-order valence-electron chi connectivity index (χ1n) is 10.4. The van der Waals surface area contributed by atoms with Crippen molar-refractivity contribution in [3.8, 4) is 5.75 Å². The number of aliphatic carboxylic acids is 2. The molecule has 0 fully saturated rings. The number of methoxy groups -OCH3 is 1. The van der Waals surface area contributed by atoms with Gasteiger partial charge >= 0.3 is 11.9 Å². The number of hydrogen-bond acceptors (Lipinski definition) is 6. The topological polar surface area (TPSA) is 108 Å². The zero-order chi connectivity index (χ0) is 21.9. The van der Waals surface area contributed by atoms with E-state index in [0.29, 0.717) is 18.3 Å². The second-order valence-corrected chi connectivity index (χ2v) is 7.32. The van der Waals surface area contributed by atoms with E-state index in [9.17, 15) is 9.59 Å². The summed E-state index contributed by atoms with van der Waals surface area (Å²) in [7, 11) is 1.77. The molecule has 0 aliphatic carbocycles. The summed E-state index contributed by atoms with van der Waals surface area (Å²) in [4.78, 5) is 21.6. The number of nitrogens with one attached hydrogen (secondary N) is 1. The lowest BCUT2D eigenvalue weighted by Gasteiger charge is -2.37. The van der Waals surface area contributed by atoms with Gasteiger partial charge in [-0.3, -0.25) is 0 Å². The van der Waals surface area contributed by atoms with Gasteiger partial charge in [-0.2, -0.15) is 0 Å². The lowest BCUT2D eigenvalue weighted by Crippen LogP contribution is -2.41. The smallest absolute Gasteiger partial charge is 0.328 e. The second kappa shape index (κ2) is 12.2. The van der Waals surface area contributed by atoms with Crippen LogP contribution >= 0.6 is 0 Å². The van der Waals surface area contributed by atoms with Gasteiger partial charge in [0.2, 0.25) is 0 Å². The normalized spacial score (nSPS) is 17.8. The van der Waals surface area contributed by atoms with E-state index in [-0.39, 0.29) is 0 Å². The standard InChI is InChI=1S/C18H28N2O2.C4H4O4/c1-3-4-16-13-20(9-10-21-2)17-11-14-5-7-19-8-6-15(14)12-18(17)22-16;5-3(6)1-2-4(7)8/h11-12,16,19H,3-10,13H2,1-2H3;1-2H,(H,5,6)(H,7,8)/b;2-1+. The first kappa shape index (κ1) is 23.7. The van der Waals surface area contributed by atoms with Gasteiger partial charge in [-0.1, -0.05) is 13.3 Å². The van der Waals surface area contributed by atoms with Crippen molar-refractivity contribution in [3.05, 3.63) is 35.4 Å². The van der Waals surface area contributed by atoms with Crippen molar-refractivity contribution in [2.24, 2.45) is 0 Å². The number of benzene rings is 1. The number of ether oxygens (including phenoxy) is 2. The van der Waals surface area contributed by atoms with Crippen LogP contribution in [-0.4, -0.2) is 68.2 Å². The number of hydrogen-bond donors (Lipinski definition) is 3. The average molecular weight is 421 g/mol. The SMILES string of the molecule is CCCC1CN(CCOC)c2cc3c(cc2O1)CCNCC3.O=C(O)/C=C/C(=O)O. The third-order valence-corrected chi connectivity index (χ3v) is 5.03. The molecule has 3 N–H and O–H groups in total. The predicted octanol–water partition coefficient (Wildman–Crippen LogP) is 2.10. The van der Waals surface area contributed by atoms with Gasteiger partial charge in [0.15, 0.2) is 0 Å². The molecule has 3 rings (SSSR count). The summed E-state index contributed by atoms with van der Waals surface area (Å²) in [5.41, 5.74) is 4.18. The molecule has 30 heavy (non-hydrogen) atoms. The number of fused-ring (bicyclic) bond motifs is 2. The summed E-state index contributed by atoms with van der Waals surface area (Å²) in [5, 5.41) is 19.1. The van der Waals surface area contributed by atoms with Gasteiger partial charge in [-0.05, 0) is 55.6 Å². The average Bonchev–Trinajstić information content (AvgIpc) is 2.94. The van der Waals surface area contributed by atoms with Gasteiger partial charge < -0.3 is 29.9 Å². The lowest BCUT2D eigenvalue weighted by atomic mass is 9.99. The number of nitrogens with zero attached hydrogens (tertiary/aromatic N) is 1. The van der Waals surface area contributed by atoms with Gasteiger partial charge in [0, 0.05) is 25.8 Å². The summed E-state index contributed by atoms with van der Waals surface area (Å²) in [5.74, 6) is -1.44. The Bertz CT molecular complexity index is 733. The first-order valence-corrected chi connectivity index (χ1v) is 10.4. The van der Waals surface area contributed by atoms with E-state index >= 15 is 0 Å². The van der Waals surface area contributed by atoms with Gasteiger partial charge in [0.25, 0.3) is 0 Å². The highest BCUT2D eigenvalue weighted by Crippen LogP contribution is 2.37. The second-order valence-electron chi connectivity index (χ2n) is 7.32. The largest absolute Gasteiger partial charge is 0.486 e. The zero-order valence-corrected chi connectivity index (χ0v) is 17.7. The molecule has 1 unspecified atom stereocenters. The fourth-order valence-corrected chi connectivity index (χ4v) is 3.62. The fourth-order valence-electron chi connectivity index (χ4n) is 3.62. The van der Waals surface area contributed by atoms with Crippen LogP contribution in [0.25, 0.3) is 0 Å². The van der Waals surface area contributed by atoms with Crippen molar-refractivity contribution < 1.29 is 29.3 Å². The van der Waals surface area contributed by atoms with Gasteiger partial charge in [0.1, 0.15) is 11.9 Å². The van der Waals surface area contributed by atoms with Crippen molar-refractivity contribution in [1.82, 2.24) is 5.32 Å². The lowest BCUT2D eigenvalue weighted by molar-refractivity contribution is -0.134. The molecule has 166 valence electrons. The van der Waals surface area contributed by atoms with Gasteiger partial charge in [0.05, 0.1) is 18.8 Å². The Kier molecular flexibility index (Phi) is 9.63. The monoisotopic (exact) mass is 420 g/mol. The van der Waals surface area contributed by atoms with Crippen molar-refractivity contribution in [1.29, 1.82) is 0 Å². The molecule has 0 radical (unpaired) electrons. The van der Waals surface area contributed by atoms with Crippen molar-refractivity contribution in [2.75, 3.05) is 44.8 Å². The highest BCUT2D eigenvalue weighted by Gasteiger charge is 2.26. The van der Waals surface area contributed by atoms with Crippen LogP contribution in [0.4, 0.5) is 5.69 Å². The molecule has 1 aromatic carbocycles. The van der Waals surface area contributed by atoms with Crippen LogP contribution in [0.15, 0.2) is 24.3 Å². The molecule has 1 atom stereocenters. The van der Waals surface area contributed by atoms with Crippen LogP contribution in [0.5, 0.6) is 5.75 Å². The molecule has 0 aromatic heterocycles. The highest BCUT2D eigenvalue weighted by atomic mass is 16.5. The highest BCUT2D eigenvalue weighted by molar-refractivity contribution is 5.89. The Balaban J connectivity index is 0.000000343. The molecule has 2 heterocycles. The molecule has 2 aliphatic rings. The van der Waals surface area contributed by atoms with Crippen molar-refractivity contribution >= 4 is 17.6 Å². The quantitative estimate of drug-likeness (QED) is 0.576. The minimum absolute atomic E-state index is 0.302. The van der Waals surface area contributed by atoms with E-state index < -0.39 is 11.9 Å². The first-order chi connectivity index (χ1) is 14.4. The third-order valence-electron chi connectivity index (χ3n) is 5.03. The summed E-state index contributed by atoms with van der Waals surface area (Å²) < 4.78 is 11.6. The Morgan fingerprint density at radius 2 is 1.83 bits per heavy atom. The molecule has 8 nitrogen and oxygen atoms in total. The van der Waals surface area contributed by atoms with Crippen LogP contribution in [0.1, 0.15) is 30.9 Å². The number of rotatable bonds is 7. The molecular formula is C22H32N2O6. The van der Waals surface area contributed by atoms with Gasteiger partial charge in [-0.25, -0.2) is 9.59 Å². The van der Waals surface area contributed by atoms with E-state index in [1.807, 2.05) is 0 Å². The molecule has 0 spiro atoms. The molecule has 0 saturated heterocycles. The number of carboxylic acids is 2. The van der Waals surface area contributed by atoms with Crippen LogP contribution < -0.4 is 15.0 Å². The maximum Gasteiger partial charge on any atom is 0.328 e. The van der Waals surface area contributed by atoms with E-state index in [1.54, 1.807) is 7.11 Å². The van der Waals surface area contributed by atoms with Crippen LogP contribution in [0.3, 0.4) is 0 Å². The molecule has 0 amide bonds. The van der Waals surface area contributed by atoms with E-state index in [0.717, 1.165) is 64.2 Å². The Morgan fingerprint density at radius 3 is 2.40 bits per heavy atom. The van der Waals surface area contributed by atoms with Crippen LogP contribution in [-0.2, 0) is 27.2 Å². The van der Waals surface area contributed by atoms with E-state index in [4.69, 9.17) is 19.7 Å². The number of carbonyl (C=O) groups is 2. The summed E-state index contributed by atoms with van der Waals surface area (Å²) >= 11 is 0. The molecule has 0 saturated carbocycles. The van der Waals surface area contributed by atoms with E-state index in [2.05, 4.69) is 29.3 Å². The number of anilines is 1. The fraction of sp³-hybridized carbons (Fsp3) is 0.545. The minimum Gasteiger partial charge on any atom is -0.486 e. The van der Waals surface area contributed by atoms with Gasteiger partial charge in [-0.15, -0.1) is 0 Å². The summed E-state index contributed by atoms with van der Waals surface area (Å²) in [6.07, 6.45) is 5.90. The Labute approximate surface area is 177 Å². The molecular weight excluding hydrogens is 388 g/mol. The Hall–Kier alpha value is -2.58. The van der Waals surface area contributed by atoms with Crippen LogP contribution in [0.2, 0.25) is 0 Å². The molecule has 2 aliphatic heterocycles. The third kappa shape index (κ3) is 7.35. The molecule has 0 bridgehead atoms. The minimum atomic E-state index is -1.26. The molecule has 8 heteroatoms. The maximum absolute atomic E-state index is 9.55. The zero-order valence-electron chi connectivity index (χ0n) is 17.7. The summed E-state index contributed by atoms with van der Waals surface area (Å²) in [6, 6.07) is 4.65. The van der Waals surface area contributed by atoms with Crippen LogP contribution in [0, 0.1) is 0 Å².